The Morgan fingerprint density at radius 2 is 1.85 bits per heavy atom. The van der Waals surface area contributed by atoms with Gasteiger partial charge in [-0.2, -0.15) is 0 Å². The van der Waals surface area contributed by atoms with Crippen LogP contribution >= 0.6 is 0 Å². The molecule has 0 aliphatic carbocycles. The largest absolute Gasteiger partial charge is 0.352 e. The molecule has 0 amide bonds. The predicted molar refractivity (Wildman–Crippen MR) is 100 cm³/mol. The van der Waals surface area contributed by atoms with Crippen molar-refractivity contribution in [3.05, 3.63) is 82.2 Å². The van der Waals surface area contributed by atoms with Gasteiger partial charge in [-0.05, 0) is 38.0 Å². The standard InChI is InChI=1S/C20H19N5O/c1-14-15(2)22-19(17-9-6-11-21-13-17)25-18(14)23-24(20(25)26)12-10-16-7-4-3-5-8-16/h3-9,11,13H,10,12H2,1-2H3. The highest BCUT2D eigenvalue weighted by Crippen LogP contribution is 2.19. The molecule has 1 aromatic carbocycles. The van der Waals surface area contributed by atoms with Crippen LogP contribution in [0.5, 0.6) is 0 Å². The molecule has 26 heavy (non-hydrogen) atoms. The minimum atomic E-state index is -0.176. The van der Waals surface area contributed by atoms with Crippen molar-refractivity contribution in [3.63, 3.8) is 0 Å². The maximum Gasteiger partial charge on any atom is 0.352 e. The number of aryl methyl sites for hydroxylation is 4. The van der Waals surface area contributed by atoms with Gasteiger partial charge >= 0.3 is 5.69 Å². The lowest BCUT2D eigenvalue weighted by molar-refractivity contribution is 0.593. The van der Waals surface area contributed by atoms with Gasteiger partial charge in [0, 0.05) is 29.2 Å². The average Bonchev–Trinajstić information content (AvgIpc) is 3.01. The molecule has 4 rings (SSSR count). The lowest BCUT2D eigenvalue weighted by Gasteiger charge is -2.07. The van der Waals surface area contributed by atoms with Gasteiger partial charge in [0.1, 0.15) is 0 Å². The molecule has 0 radical (unpaired) electrons. The molecule has 0 aliphatic rings. The molecule has 3 aromatic heterocycles. The Morgan fingerprint density at radius 3 is 2.58 bits per heavy atom. The highest BCUT2D eigenvalue weighted by atomic mass is 16.2. The molecule has 0 bridgehead atoms. The van der Waals surface area contributed by atoms with Gasteiger partial charge in [-0.1, -0.05) is 30.3 Å². The lowest BCUT2D eigenvalue weighted by Crippen LogP contribution is -2.23. The Hall–Kier alpha value is -3.28. The summed E-state index contributed by atoms with van der Waals surface area (Å²) in [6, 6.07) is 13.8. The summed E-state index contributed by atoms with van der Waals surface area (Å²) in [5.74, 6) is 0.576. The van der Waals surface area contributed by atoms with Gasteiger partial charge in [0.05, 0.1) is 6.54 Å². The molecular weight excluding hydrogens is 326 g/mol. The van der Waals surface area contributed by atoms with Crippen LogP contribution in [0.1, 0.15) is 16.8 Å². The molecule has 6 heteroatoms. The maximum absolute atomic E-state index is 13.0. The zero-order chi connectivity index (χ0) is 18.1. The number of nitrogens with zero attached hydrogens (tertiary/aromatic N) is 5. The van der Waals surface area contributed by atoms with Crippen LogP contribution in [-0.2, 0) is 13.0 Å². The second kappa shape index (κ2) is 6.55. The zero-order valence-electron chi connectivity index (χ0n) is 14.8. The van der Waals surface area contributed by atoms with E-state index >= 15 is 0 Å². The van der Waals surface area contributed by atoms with E-state index in [9.17, 15) is 4.79 Å². The van der Waals surface area contributed by atoms with E-state index in [-0.39, 0.29) is 5.69 Å². The molecule has 0 saturated heterocycles. The third-order valence-electron chi connectivity index (χ3n) is 4.58. The number of aromatic nitrogens is 5. The number of hydrogen-bond donors (Lipinski definition) is 0. The molecule has 0 N–H and O–H groups in total. The van der Waals surface area contributed by atoms with Crippen LogP contribution in [0.3, 0.4) is 0 Å². The summed E-state index contributed by atoms with van der Waals surface area (Å²) in [5.41, 5.74) is 4.21. The molecule has 0 aliphatic heterocycles. The van der Waals surface area contributed by atoms with Crippen LogP contribution in [0, 0.1) is 13.8 Å². The van der Waals surface area contributed by atoms with Crippen molar-refractivity contribution < 1.29 is 0 Å². The molecule has 4 aromatic rings. The second-order valence-corrected chi connectivity index (χ2v) is 6.29. The van der Waals surface area contributed by atoms with Gasteiger partial charge in [-0.3, -0.25) is 4.98 Å². The van der Waals surface area contributed by atoms with E-state index in [2.05, 4.69) is 27.2 Å². The molecular formula is C20H19N5O. The molecule has 0 unspecified atom stereocenters. The summed E-state index contributed by atoms with van der Waals surface area (Å²) in [6.45, 7) is 4.40. The fraction of sp³-hybridized carbons (Fsp3) is 0.200. The Bertz CT molecular complexity index is 1110. The Kier molecular flexibility index (Phi) is 4.08. The van der Waals surface area contributed by atoms with Crippen LogP contribution < -0.4 is 5.69 Å². The third-order valence-corrected chi connectivity index (χ3v) is 4.58. The highest BCUT2D eigenvalue weighted by molar-refractivity contribution is 5.61. The van der Waals surface area contributed by atoms with Crippen molar-refractivity contribution in [2.45, 2.75) is 26.8 Å². The summed E-state index contributed by atoms with van der Waals surface area (Å²) >= 11 is 0. The number of hydrogen-bond acceptors (Lipinski definition) is 4. The van der Waals surface area contributed by atoms with E-state index < -0.39 is 0 Å². The van der Waals surface area contributed by atoms with Crippen molar-refractivity contribution in [2.24, 2.45) is 0 Å². The first kappa shape index (κ1) is 16.2. The molecule has 6 nitrogen and oxygen atoms in total. The van der Waals surface area contributed by atoms with Gasteiger partial charge in [0.15, 0.2) is 11.5 Å². The predicted octanol–water partition coefficient (Wildman–Crippen LogP) is 2.81. The lowest BCUT2D eigenvalue weighted by atomic mass is 10.2. The van der Waals surface area contributed by atoms with Crippen LogP contribution in [-0.4, -0.2) is 24.1 Å². The van der Waals surface area contributed by atoms with E-state index in [0.29, 0.717) is 18.0 Å². The summed E-state index contributed by atoms with van der Waals surface area (Å²) in [7, 11) is 0. The second-order valence-electron chi connectivity index (χ2n) is 6.29. The quantitative estimate of drug-likeness (QED) is 0.570. The number of benzene rings is 1. The van der Waals surface area contributed by atoms with Crippen molar-refractivity contribution >= 4 is 5.65 Å². The third kappa shape index (κ3) is 2.79. The fourth-order valence-corrected chi connectivity index (χ4v) is 3.01. The number of fused-ring (bicyclic) bond motifs is 1. The summed E-state index contributed by atoms with van der Waals surface area (Å²) in [5, 5.41) is 4.58. The van der Waals surface area contributed by atoms with Crippen LogP contribution in [0.2, 0.25) is 0 Å². The van der Waals surface area contributed by atoms with E-state index in [4.69, 9.17) is 0 Å². The minimum absolute atomic E-state index is 0.176. The fourth-order valence-electron chi connectivity index (χ4n) is 3.01. The highest BCUT2D eigenvalue weighted by Gasteiger charge is 2.17. The average molecular weight is 345 g/mol. The van der Waals surface area contributed by atoms with Gasteiger partial charge in [-0.15, -0.1) is 5.10 Å². The van der Waals surface area contributed by atoms with E-state index in [1.165, 1.54) is 10.2 Å². The Labute approximate surface area is 150 Å². The first-order valence-electron chi connectivity index (χ1n) is 8.56. The monoisotopic (exact) mass is 345 g/mol. The molecule has 0 saturated carbocycles. The van der Waals surface area contributed by atoms with E-state index in [0.717, 1.165) is 23.2 Å². The Balaban J connectivity index is 1.83. The normalized spacial score (nSPS) is 11.2. The van der Waals surface area contributed by atoms with Crippen molar-refractivity contribution in [3.8, 4) is 11.4 Å². The van der Waals surface area contributed by atoms with Crippen molar-refractivity contribution in [1.82, 2.24) is 24.1 Å². The summed E-state index contributed by atoms with van der Waals surface area (Å²) in [6.07, 6.45) is 4.16. The first-order chi connectivity index (χ1) is 12.6. The van der Waals surface area contributed by atoms with E-state index in [1.807, 2.05) is 44.2 Å². The topological polar surface area (TPSA) is 65.1 Å². The van der Waals surface area contributed by atoms with Crippen molar-refractivity contribution in [2.75, 3.05) is 0 Å². The smallest absolute Gasteiger partial charge is 0.264 e. The van der Waals surface area contributed by atoms with E-state index in [1.54, 1.807) is 16.8 Å². The van der Waals surface area contributed by atoms with Gasteiger partial charge in [0.25, 0.3) is 0 Å². The van der Waals surface area contributed by atoms with Crippen LogP contribution in [0.15, 0.2) is 59.7 Å². The number of pyridine rings is 1. The first-order valence-corrected chi connectivity index (χ1v) is 8.56. The molecule has 0 spiro atoms. The van der Waals surface area contributed by atoms with Crippen molar-refractivity contribution in [1.29, 1.82) is 0 Å². The summed E-state index contributed by atoms with van der Waals surface area (Å²) in [4.78, 5) is 21.8. The molecule has 3 heterocycles. The molecule has 0 atom stereocenters. The summed E-state index contributed by atoms with van der Waals surface area (Å²) < 4.78 is 3.11. The van der Waals surface area contributed by atoms with Gasteiger partial charge in [0.2, 0.25) is 0 Å². The van der Waals surface area contributed by atoms with Crippen LogP contribution in [0.4, 0.5) is 0 Å². The Morgan fingerprint density at radius 1 is 1.04 bits per heavy atom. The zero-order valence-corrected chi connectivity index (χ0v) is 14.8. The SMILES string of the molecule is Cc1nc(-c2cccnc2)n2c(=O)n(CCc3ccccc3)nc2c1C. The van der Waals surface area contributed by atoms with Crippen LogP contribution in [0.25, 0.3) is 17.0 Å². The molecule has 0 fully saturated rings. The molecule has 130 valence electrons. The minimum Gasteiger partial charge on any atom is -0.264 e. The van der Waals surface area contributed by atoms with Gasteiger partial charge in [-0.25, -0.2) is 18.9 Å². The maximum atomic E-state index is 13.0. The number of rotatable bonds is 4. The van der Waals surface area contributed by atoms with Gasteiger partial charge < -0.3 is 0 Å².